The third-order valence-electron chi connectivity index (χ3n) is 1.96. The van der Waals surface area contributed by atoms with Crippen molar-refractivity contribution in [2.75, 3.05) is 5.32 Å². The van der Waals surface area contributed by atoms with Crippen LogP contribution in [-0.4, -0.2) is 0 Å². The van der Waals surface area contributed by atoms with Crippen LogP contribution in [0, 0.1) is 0 Å². The molecule has 18 heavy (non-hydrogen) atoms. The average Bonchev–Trinajstić information content (AvgIpc) is 2.43. The number of para-hydroxylation sites is 2. The minimum atomic E-state index is 0.449. The Morgan fingerprint density at radius 3 is 1.61 bits per heavy atom. The van der Waals surface area contributed by atoms with Crippen LogP contribution < -0.4 is 10.2 Å². The lowest BCUT2D eigenvalue weighted by molar-refractivity contribution is 1.55. The Balaban J connectivity index is 0.000000280. The first-order chi connectivity index (χ1) is 8.86. The quantitative estimate of drug-likeness (QED) is 0.807. The SMILES string of the molecule is P=NPNP.c1ccc(Nc2ccccc2)cc1. The van der Waals surface area contributed by atoms with E-state index in [0.717, 1.165) is 11.4 Å². The summed E-state index contributed by atoms with van der Waals surface area (Å²) < 4.78 is 3.56. The number of hydrogen-bond donors (Lipinski definition) is 2. The van der Waals surface area contributed by atoms with Gasteiger partial charge in [-0.05, 0) is 33.3 Å². The van der Waals surface area contributed by atoms with Crippen LogP contribution >= 0.6 is 27.3 Å². The van der Waals surface area contributed by atoms with Gasteiger partial charge in [-0.25, -0.2) is 4.52 Å². The molecule has 0 fully saturated rings. The van der Waals surface area contributed by atoms with Gasteiger partial charge < -0.3 is 5.32 Å². The van der Waals surface area contributed by atoms with Crippen molar-refractivity contribution >= 4 is 38.7 Å². The molecule has 2 rings (SSSR count). The van der Waals surface area contributed by atoms with Crippen molar-refractivity contribution in [2.24, 2.45) is 4.52 Å². The molecule has 0 saturated carbocycles. The normalized spacial score (nSPS) is 9.61. The van der Waals surface area contributed by atoms with Crippen LogP contribution in [0.15, 0.2) is 65.2 Å². The Hall–Kier alpha value is -0.840. The van der Waals surface area contributed by atoms with Crippen molar-refractivity contribution in [1.29, 1.82) is 0 Å². The summed E-state index contributed by atoms with van der Waals surface area (Å²) in [7, 11) is 5.70. The molecule has 0 spiro atoms. The van der Waals surface area contributed by atoms with Crippen molar-refractivity contribution in [1.82, 2.24) is 4.86 Å². The molecule has 0 amide bonds. The van der Waals surface area contributed by atoms with Crippen molar-refractivity contribution < 1.29 is 0 Å². The zero-order chi connectivity index (χ0) is 13.1. The maximum Gasteiger partial charge on any atom is 0.0795 e. The van der Waals surface area contributed by atoms with Crippen LogP contribution in [0.2, 0.25) is 0 Å². The molecule has 2 atom stereocenters. The number of anilines is 2. The minimum absolute atomic E-state index is 0.449. The third kappa shape index (κ3) is 6.79. The molecule has 6 heteroatoms. The first kappa shape index (κ1) is 15.2. The molecule has 3 nitrogen and oxygen atoms in total. The molecule has 0 aromatic heterocycles. The highest BCUT2D eigenvalue weighted by atomic mass is 31.1. The van der Waals surface area contributed by atoms with Gasteiger partial charge in [0.15, 0.2) is 0 Å². The summed E-state index contributed by atoms with van der Waals surface area (Å²) in [6, 6.07) is 20.3. The number of rotatable bonds is 4. The predicted octanol–water partition coefficient (Wildman–Crippen LogP) is 4.63. The monoisotopic (exact) mass is 295 g/mol. The highest BCUT2D eigenvalue weighted by Gasteiger charge is 1.89. The average molecular weight is 295 g/mol. The number of nitrogens with zero attached hydrogens (tertiary/aromatic N) is 1. The van der Waals surface area contributed by atoms with E-state index in [-0.39, 0.29) is 0 Å². The predicted molar refractivity (Wildman–Crippen MR) is 88.1 cm³/mol. The van der Waals surface area contributed by atoms with Crippen LogP contribution in [0.1, 0.15) is 0 Å². The van der Waals surface area contributed by atoms with E-state index >= 15 is 0 Å². The van der Waals surface area contributed by atoms with E-state index < -0.39 is 0 Å². The van der Waals surface area contributed by atoms with Gasteiger partial charge in [0.25, 0.3) is 0 Å². The highest BCUT2D eigenvalue weighted by molar-refractivity contribution is 7.46. The molecule has 2 aromatic rings. The van der Waals surface area contributed by atoms with Crippen molar-refractivity contribution in [2.45, 2.75) is 0 Å². The molecule has 0 bridgehead atoms. The Kier molecular flexibility index (Phi) is 8.55. The molecular weight excluding hydrogens is 279 g/mol. The van der Waals surface area contributed by atoms with Gasteiger partial charge in [0.2, 0.25) is 0 Å². The smallest absolute Gasteiger partial charge is 0.0795 e. The maximum atomic E-state index is 3.56. The Morgan fingerprint density at radius 2 is 1.33 bits per heavy atom. The van der Waals surface area contributed by atoms with Crippen molar-refractivity contribution in [3.63, 3.8) is 0 Å². The first-order valence-electron chi connectivity index (χ1n) is 5.31. The highest BCUT2D eigenvalue weighted by Crippen LogP contribution is 2.14. The molecule has 0 aliphatic carbocycles. The van der Waals surface area contributed by atoms with Gasteiger partial charge in [0.1, 0.15) is 0 Å². The maximum absolute atomic E-state index is 3.56. The van der Waals surface area contributed by atoms with Gasteiger partial charge in [-0.3, -0.25) is 4.86 Å². The van der Waals surface area contributed by atoms with Gasteiger partial charge in [0.05, 0.1) is 8.88 Å². The Bertz CT molecular complexity index is 399. The molecule has 0 heterocycles. The summed E-state index contributed by atoms with van der Waals surface area (Å²) in [5.74, 6) is 0. The molecule has 0 saturated heterocycles. The zero-order valence-corrected chi connectivity index (χ0v) is 13.0. The lowest BCUT2D eigenvalue weighted by Gasteiger charge is -2.04. The van der Waals surface area contributed by atoms with E-state index in [2.05, 4.69) is 33.1 Å². The summed E-state index contributed by atoms with van der Waals surface area (Å²) in [5, 5.41) is 3.30. The second-order valence-electron chi connectivity index (χ2n) is 3.22. The fourth-order valence-electron chi connectivity index (χ4n) is 1.24. The molecule has 94 valence electrons. The largest absolute Gasteiger partial charge is 0.356 e. The van der Waals surface area contributed by atoms with Crippen LogP contribution in [-0.2, 0) is 0 Å². The Morgan fingerprint density at radius 1 is 0.889 bits per heavy atom. The van der Waals surface area contributed by atoms with E-state index in [4.69, 9.17) is 0 Å². The summed E-state index contributed by atoms with van der Waals surface area (Å²) in [6.45, 7) is 0. The lowest BCUT2D eigenvalue weighted by Crippen LogP contribution is -1.87. The fraction of sp³-hybridized carbons (Fsp3) is 0. The van der Waals surface area contributed by atoms with E-state index in [0.29, 0.717) is 8.88 Å². The number of nitrogens with one attached hydrogen (secondary N) is 2. The molecule has 2 aromatic carbocycles. The number of benzene rings is 2. The van der Waals surface area contributed by atoms with Gasteiger partial charge in [-0.15, -0.1) is 0 Å². The summed E-state index contributed by atoms with van der Waals surface area (Å²) >= 11 is 0. The van der Waals surface area contributed by atoms with Crippen LogP contribution in [0.25, 0.3) is 0 Å². The van der Waals surface area contributed by atoms with Gasteiger partial charge in [-0.1, -0.05) is 45.8 Å². The minimum Gasteiger partial charge on any atom is -0.356 e. The lowest BCUT2D eigenvalue weighted by atomic mass is 10.3. The topological polar surface area (TPSA) is 36.4 Å². The molecule has 0 aliphatic rings. The van der Waals surface area contributed by atoms with Gasteiger partial charge in [0, 0.05) is 11.4 Å². The first-order valence-corrected chi connectivity index (χ1v) is 7.28. The van der Waals surface area contributed by atoms with Crippen LogP contribution in [0.5, 0.6) is 0 Å². The van der Waals surface area contributed by atoms with Crippen LogP contribution in [0.4, 0.5) is 11.4 Å². The third-order valence-corrected chi connectivity index (χ3v) is 2.92. The zero-order valence-electron chi connectivity index (χ0n) is 9.80. The molecule has 2 unspecified atom stereocenters. The van der Waals surface area contributed by atoms with Gasteiger partial charge >= 0.3 is 0 Å². The second kappa shape index (κ2) is 10.1. The Labute approximate surface area is 114 Å². The summed E-state index contributed by atoms with van der Waals surface area (Å²) in [5.41, 5.74) is 2.24. The fourth-order valence-corrected chi connectivity index (χ4v) is 2.08. The molecular formula is C12H16N3P3. The van der Waals surface area contributed by atoms with E-state index in [1.807, 2.05) is 60.7 Å². The standard InChI is InChI=1S/C12H11N.H5N2P3/c1-3-7-11(8-4-1)13-12-9-5-2-6-10-12;3-1-5-2-4/h1-10,13H;1,4-5H,3H2. The number of hydrogen-bond acceptors (Lipinski definition) is 3. The molecule has 0 radical (unpaired) electrons. The van der Waals surface area contributed by atoms with Crippen molar-refractivity contribution in [3.8, 4) is 0 Å². The second-order valence-corrected chi connectivity index (χ2v) is 5.50. The van der Waals surface area contributed by atoms with E-state index in [1.54, 1.807) is 0 Å². The van der Waals surface area contributed by atoms with E-state index in [1.165, 1.54) is 0 Å². The molecule has 2 N–H and O–H groups in total. The van der Waals surface area contributed by atoms with Crippen LogP contribution in [0.3, 0.4) is 0 Å². The summed E-state index contributed by atoms with van der Waals surface area (Å²) in [6.07, 6.45) is 0. The van der Waals surface area contributed by atoms with Crippen molar-refractivity contribution in [3.05, 3.63) is 60.7 Å². The summed E-state index contributed by atoms with van der Waals surface area (Å²) in [4.78, 5) is 2.75. The van der Waals surface area contributed by atoms with E-state index in [9.17, 15) is 0 Å². The molecule has 0 aliphatic heterocycles. The van der Waals surface area contributed by atoms with Gasteiger partial charge in [-0.2, -0.15) is 0 Å².